The van der Waals surface area contributed by atoms with Gasteiger partial charge in [0.1, 0.15) is 0 Å². The Morgan fingerprint density at radius 3 is 2.20 bits per heavy atom. The summed E-state index contributed by atoms with van der Waals surface area (Å²) in [5, 5.41) is 4.33. The molecule has 2 rings (SSSR count). The molecule has 2 aromatic heterocycles. The van der Waals surface area contributed by atoms with E-state index in [1.165, 1.54) is 0 Å². The summed E-state index contributed by atoms with van der Waals surface area (Å²) in [6, 6.07) is 1.95. The third-order valence-corrected chi connectivity index (χ3v) is 2.40. The molecule has 0 spiro atoms. The fraction of sp³-hybridized carbons (Fsp3) is 0.364. The van der Waals surface area contributed by atoms with Gasteiger partial charge in [0.2, 0.25) is 0 Å². The van der Waals surface area contributed by atoms with Crippen LogP contribution in [0.25, 0.3) is 5.82 Å². The SMILES string of the molecule is Cc1ccn(-c2nc(C)c(C)nc2C)n1. The van der Waals surface area contributed by atoms with Gasteiger partial charge in [0.05, 0.1) is 22.8 Å². The number of aromatic nitrogens is 4. The predicted molar refractivity (Wildman–Crippen MR) is 58.1 cm³/mol. The Labute approximate surface area is 89.0 Å². The van der Waals surface area contributed by atoms with E-state index in [9.17, 15) is 0 Å². The second-order valence-corrected chi connectivity index (χ2v) is 3.71. The van der Waals surface area contributed by atoms with Gasteiger partial charge in [-0.15, -0.1) is 0 Å². The molecular weight excluding hydrogens is 188 g/mol. The van der Waals surface area contributed by atoms with E-state index in [1.54, 1.807) is 4.68 Å². The summed E-state index contributed by atoms with van der Waals surface area (Å²) in [5.74, 6) is 0.811. The molecule has 15 heavy (non-hydrogen) atoms. The molecule has 78 valence electrons. The van der Waals surface area contributed by atoms with Crippen LogP contribution in [0.5, 0.6) is 0 Å². The van der Waals surface area contributed by atoms with Gasteiger partial charge < -0.3 is 0 Å². The van der Waals surface area contributed by atoms with Crippen LogP contribution in [0, 0.1) is 27.7 Å². The van der Waals surface area contributed by atoms with Crippen molar-refractivity contribution in [1.29, 1.82) is 0 Å². The largest absolute Gasteiger partial charge is 0.253 e. The second kappa shape index (κ2) is 3.46. The molecule has 4 heteroatoms. The van der Waals surface area contributed by atoms with Crippen molar-refractivity contribution in [3.63, 3.8) is 0 Å². The molecule has 0 N–H and O–H groups in total. The summed E-state index contributed by atoms with van der Waals surface area (Å²) in [6.07, 6.45) is 1.90. The normalized spacial score (nSPS) is 10.7. The highest BCUT2D eigenvalue weighted by atomic mass is 15.3. The van der Waals surface area contributed by atoms with E-state index in [0.29, 0.717) is 0 Å². The van der Waals surface area contributed by atoms with Gasteiger partial charge in [0.15, 0.2) is 5.82 Å². The summed E-state index contributed by atoms with van der Waals surface area (Å²) in [4.78, 5) is 8.93. The highest BCUT2D eigenvalue weighted by Crippen LogP contribution is 2.11. The van der Waals surface area contributed by atoms with Crippen molar-refractivity contribution in [2.24, 2.45) is 0 Å². The third-order valence-electron chi connectivity index (χ3n) is 2.40. The van der Waals surface area contributed by atoms with Crippen LogP contribution in [-0.2, 0) is 0 Å². The molecule has 0 aliphatic rings. The average molecular weight is 202 g/mol. The maximum absolute atomic E-state index is 4.49. The molecule has 0 saturated carbocycles. The van der Waals surface area contributed by atoms with Gasteiger partial charge in [0, 0.05) is 6.20 Å². The Balaban J connectivity index is 2.58. The fourth-order valence-electron chi connectivity index (χ4n) is 1.45. The third kappa shape index (κ3) is 1.75. The maximum atomic E-state index is 4.49. The van der Waals surface area contributed by atoms with Gasteiger partial charge in [-0.25, -0.2) is 9.67 Å². The van der Waals surface area contributed by atoms with Gasteiger partial charge in [-0.1, -0.05) is 0 Å². The van der Waals surface area contributed by atoms with Gasteiger partial charge in [0.25, 0.3) is 0 Å². The Bertz CT molecular complexity index is 499. The van der Waals surface area contributed by atoms with E-state index < -0.39 is 0 Å². The van der Waals surface area contributed by atoms with E-state index in [-0.39, 0.29) is 0 Å². The lowest BCUT2D eigenvalue weighted by Gasteiger charge is -2.07. The van der Waals surface area contributed by atoms with Crippen LogP contribution >= 0.6 is 0 Å². The Kier molecular flexibility index (Phi) is 2.26. The van der Waals surface area contributed by atoms with Gasteiger partial charge >= 0.3 is 0 Å². The van der Waals surface area contributed by atoms with Crippen LogP contribution in [0.1, 0.15) is 22.8 Å². The molecule has 0 saturated heterocycles. The first kappa shape index (κ1) is 9.83. The summed E-state index contributed by atoms with van der Waals surface area (Å²) in [5.41, 5.74) is 3.81. The Morgan fingerprint density at radius 1 is 0.933 bits per heavy atom. The topological polar surface area (TPSA) is 43.6 Å². The number of rotatable bonds is 1. The van der Waals surface area contributed by atoms with E-state index in [0.717, 1.165) is 28.6 Å². The summed E-state index contributed by atoms with van der Waals surface area (Å²) in [7, 11) is 0. The van der Waals surface area contributed by atoms with E-state index in [4.69, 9.17) is 0 Å². The molecule has 2 heterocycles. The molecule has 0 unspecified atom stereocenters. The quantitative estimate of drug-likeness (QED) is 0.709. The zero-order valence-electron chi connectivity index (χ0n) is 9.44. The van der Waals surface area contributed by atoms with Gasteiger partial charge in [-0.3, -0.25) is 4.98 Å². The summed E-state index contributed by atoms with van der Waals surface area (Å²) >= 11 is 0. The number of nitrogens with zero attached hydrogens (tertiary/aromatic N) is 4. The molecular formula is C11H14N4. The maximum Gasteiger partial charge on any atom is 0.175 e. The summed E-state index contributed by atoms with van der Waals surface area (Å²) < 4.78 is 1.77. The number of aryl methyl sites for hydroxylation is 4. The van der Waals surface area contributed by atoms with E-state index in [1.807, 2.05) is 40.0 Å². The second-order valence-electron chi connectivity index (χ2n) is 3.71. The van der Waals surface area contributed by atoms with Crippen molar-refractivity contribution in [1.82, 2.24) is 19.7 Å². The molecule has 4 nitrogen and oxygen atoms in total. The van der Waals surface area contributed by atoms with Gasteiger partial charge in [-0.05, 0) is 33.8 Å². The van der Waals surface area contributed by atoms with Crippen molar-refractivity contribution < 1.29 is 0 Å². The Morgan fingerprint density at radius 2 is 1.60 bits per heavy atom. The lowest BCUT2D eigenvalue weighted by Crippen LogP contribution is -2.06. The molecule has 0 amide bonds. The smallest absolute Gasteiger partial charge is 0.175 e. The molecule has 0 radical (unpaired) electrons. The van der Waals surface area contributed by atoms with Gasteiger partial charge in [-0.2, -0.15) is 5.10 Å². The lowest BCUT2D eigenvalue weighted by atomic mass is 10.3. The van der Waals surface area contributed by atoms with Crippen LogP contribution in [0.3, 0.4) is 0 Å². The molecule has 0 aliphatic heterocycles. The number of hydrogen-bond acceptors (Lipinski definition) is 3. The minimum Gasteiger partial charge on any atom is -0.253 e. The number of hydrogen-bond donors (Lipinski definition) is 0. The van der Waals surface area contributed by atoms with Crippen LogP contribution in [0.15, 0.2) is 12.3 Å². The van der Waals surface area contributed by atoms with Crippen LogP contribution in [-0.4, -0.2) is 19.7 Å². The highest BCUT2D eigenvalue weighted by Gasteiger charge is 2.07. The monoisotopic (exact) mass is 202 g/mol. The van der Waals surface area contributed by atoms with Crippen LogP contribution in [0.2, 0.25) is 0 Å². The van der Waals surface area contributed by atoms with E-state index in [2.05, 4.69) is 15.1 Å². The molecule has 2 aromatic rings. The first-order valence-electron chi connectivity index (χ1n) is 4.92. The minimum atomic E-state index is 0.811. The zero-order valence-corrected chi connectivity index (χ0v) is 9.44. The van der Waals surface area contributed by atoms with Crippen LogP contribution in [0.4, 0.5) is 0 Å². The fourth-order valence-corrected chi connectivity index (χ4v) is 1.45. The predicted octanol–water partition coefficient (Wildman–Crippen LogP) is 1.90. The lowest BCUT2D eigenvalue weighted by molar-refractivity contribution is 0.798. The van der Waals surface area contributed by atoms with Crippen molar-refractivity contribution in [3.05, 3.63) is 35.0 Å². The van der Waals surface area contributed by atoms with Crippen molar-refractivity contribution >= 4 is 0 Å². The first-order chi connectivity index (χ1) is 7.08. The van der Waals surface area contributed by atoms with Crippen molar-refractivity contribution in [2.75, 3.05) is 0 Å². The van der Waals surface area contributed by atoms with Crippen molar-refractivity contribution in [3.8, 4) is 5.82 Å². The minimum absolute atomic E-state index is 0.811. The zero-order chi connectivity index (χ0) is 11.0. The van der Waals surface area contributed by atoms with Crippen molar-refractivity contribution in [2.45, 2.75) is 27.7 Å². The molecule has 0 aromatic carbocycles. The molecule has 0 aliphatic carbocycles. The first-order valence-corrected chi connectivity index (χ1v) is 4.92. The highest BCUT2D eigenvalue weighted by molar-refractivity contribution is 5.30. The molecule has 0 atom stereocenters. The average Bonchev–Trinajstić information content (AvgIpc) is 2.58. The molecule has 0 fully saturated rings. The standard InChI is InChI=1S/C11H14N4/c1-7-5-6-15(14-7)11-10(4)12-8(2)9(3)13-11/h5-6H,1-4H3. The molecule has 0 bridgehead atoms. The summed E-state index contributed by atoms with van der Waals surface area (Å²) in [6.45, 7) is 7.83. The van der Waals surface area contributed by atoms with E-state index >= 15 is 0 Å². The van der Waals surface area contributed by atoms with Crippen LogP contribution < -0.4 is 0 Å². The Hall–Kier alpha value is -1.71.